The molecule has 2 amide bonds. The van der Waals surface area contributed by atoms with Gasteiger partial charge in [0.2, 0.25) is 11.8 Å². The zero-order chi connectivity index (χ0) is 27.1. The first-order chi connectivity index (χ1) is 18.4. The average Bonchev–Trinajstić information content (AvgIpc) is 2.94. The summed E-state index contributed by atoms with van der Waals surface area (Å²) in [4.78, 5) is 37.9. The highest BCUT2D eigenvalue weighted by Crippen LogP contribution is 2.39. The predicted molar refractivity (Wildman–Crippen MR) is 144 cm³/mol. The Hall–Kier alpha value is -4.98. The van der Waals surface area contributed by atoms with E-state index in [2.05, 4.69) is 5.32 Å². The molecule has 0 aliphatic carbocycles. The van der Waals surface area contributed by atoms with E-state index in [-0.39, 0.29) is 12.1 Å². The molecule has 0 aromatic heterocycles. The Morgan fingerprint density at radius 1 is 0.868 bits per heavy atom. The van der Waals surface area contributed by atoms with Gasteiger partial charge in [0, 0.05) is 24.1 Å². The summed E-state index contributed by atoms with van der Waals surface area (Å²) in [6.07, 6.45) is -0.0968. The van der Waals surface area contributed by atoms with Crippen molar-refractivity contribution in [3.05, 3.63) is 142 Å². The Labute approximate surface area is 220 Å². The molecule has 8 heteroatoms. The van der Waals surface area contributed by atoms with Gasteiger partial charge in [0.15, 0.2) is 0 Å². The lowest BCUT2D eigenvalue weighted by atomic mass is 9.68. The lowest BCUT2D eigenvalue weighted by Crippen LogP contribution is -2.54. The summed E-state index contributed by atoms with van der Waals surface area (Å²) in [6, 6.07) is 30.8. The number of hydrogen-bond donors (Lipinski definition) is 2. The van der Waals surface area contributed by atoms with Crippen molar-refractivity contribution in [3.8, 4) is 5.75 Å². The molecule has 0 radical (unpaired) electrons. The molecule has 8 nitrogen and oxygen atoms in total. The fourth-order valence-corrected chi connectivity index (χ4v) is 4.70. The number of hydrogen-bond acceptors (Lipinski definition) is 5. The molecule has 0 aliphatic rings. The third-order valence-electron chi connectivity index (χ3n) is 6.51. The molecule has 3 N–H and O–H groups in total. The highest BCUT2D eigenvalue weighted by atomic mass is 16.6. The van der Waals surface area contributed by atoms with Crippen LogP contribution in [0.15, 0.2) is 109 Å². The normalized spacial score (nSPS) is 11.8. The van der Waals surface area contributed by atoms with Crippen molar-refractivity contribution in [2.45, 2.75) is 17.9 Å². The monoisotopic (exact) mass is 509 g/mol. The smallest absolute Gasteiger partial charge is 0.269 e. The van der Waals surface area contributed by atoms with Crippen molar-refractivity contribution in [2.24, 2.45) is 5.73 Å². The zero-order valence-electron chi connectivity index (χ0n) is 20.7. The van der Waals surface area contributed by atoms with Crippen LogP contribution in [-0.4, -0.2) is 29.9 Å². The number of nitro benzene ring substituents is 1. The van der Waals surface area contributed by atoms with E-state index < -0.39 is 28.2 Å². The Kier molecular flexibility index (Phi) is 7.82. The second kappa shape index (κ2) is 11.4. The van der Waals surface area contributed by atoms with Crippen molar-refractivity contribution in [1.29, 1.82) is 0 Å². The molecule has 4 aromatic rings. The van der Waals surface area contributed by atoms with Crippen LogP contribution in [0.1, 0.15) is 22.3 Å². The molecule has 1 atom stereocenters. The maximum Gasteiger partial charge on any atom is 0.269 e. The van der Waals surface area contributed by atoms with Crippen LogP contribution in [-0.2, 0) is 21.4 Å². The molecule has 0 spiro atoms. The summed E-state index contributed by atoms with van der Waals surface area (Å²) < 4.78 is 5.35. The number of methoxy groups -OCH3 is 1. The number of non-ortho nitro benzene ring substituents is 1. The van der Waals surface area contributed by atoms with E-state index in [0.29, 0.717) is 28.0 Å². The van der Waals surface area contributed by atoms with E-state index in [1.165, 1.54) is 25.3 Å². The Balaban J connectivity index is 1.84. The van der Waals surface area contributed by atoms with Gasteiger partial charge in [-0.25, -0.2) is 0 Å². The number of carbonyl (C=O) groups is 2. The molecular weight excluding hydrogens is 482 g/mol. The van der Waals surface area contributed by atoms with E-state index in [1.54, 1.807) is 0 Å². The summed E-state index contributed by atoms with van der Waals surface area (Å²) in [6.45, 7) is 0. The van der Waals surface area contributed by atoms with E-state index in [9.17, 15) is 19.7 Å². The van der Waals surface area contributed by atoms with Gasteiger partial charge in [-0.15, -0.1) is 0 Å². The van der Waals surface area contributed by atoms with Crippen LogP contribution in [0.5, 0.6) is 5.75 Å². The molecule has 0 heterocycles. The largest absolute Gasteiger partial charge is 0.496 e. The van der Waals surface area contributed by atoms with Crippen LogP contribution in [0.2, 0.25) is 0 Å². The summed E-state index contributed by atoms with van der Waals surface area (Å²) in [5.74, 6) is -0.902. The van der Waals surface area contributed by atoms with E-state index >= 15 is 0 Å². The second-order valence-electron chi connectivity index (χ2n) is 8.73. The molecule has 4 rings (SSSR count). The maximum absolute atomic E-state index is 14.4. The molecule has 192 valence electrons. The summed E-state index contributed by atoms with van der Waals surface area (Å²) >= 11 is 0. The lowest BCUT2D eigenvalue weighted by Gasteiger charge is -2.35. The number of ether oxygens (including phenoxy) is 1. The lowest BCUT2D eigenvalue weighted by molar-refractivity contribution is -0.384. The van der Waals surface area contributed by atoms with Crippen molar-refractivity contribution in [1.82, 2.24) is 5.32 Å². The van der Waals surface area contributed by atoms with Gasteiger partial charge in [-0.05, 0) is 22.8 Å². The van der Waals surface area contributed by atoms with Gasteiger partial charge in [-0.3, -0.25) is 19.7 Å². The minimum absolute atomic E-state index is 0.0968. The van der Waals surface area contributed by atoms with Crippen molar-refractivity contribution < 1.29 is 19.2 Å². The van der Waals surface area contributed by atoms with E-state index in [0.717, 1.165) is 0 Å². The average molecular weight is 510 g/mol. The van der Waals surface area contributed by atoms with Crippen LogP contribution < -0.4 is 15.8 Å². The molecule has 0 fully saturated rings. The van der Waals surface area contributed by atoms with Crippen molar-refractivity contribution in [2.75, 3.05) is 7.11 Å². The molecule has 0 saturated heterocycles. The van der Waals surface area contributed by atoms with Crippen LogP contribution in [0, 0.1) is 10.1 Å². The Morgan fingerprint density at radius 3 is 1.74 bits per heavy atom. The van der Waals surface area contributed by atoms with Crippen molar-refractivity contribution >= 4 is 17.5 Å². The minimum Gasteiger partial charge on any atom is -0.496 e. The van der Waals surface area contributed by atoms with E-state index in [4.69, 9.17) is 10.5 Å². The fourth-order valence-electron chi connectivity index (χ4n) is 4.70. The van der Waals surface area contributed by atoms with Gasteiger partial charge in [-0.1, -0.05) is 91.0 Å². The molecule has 0 bridgehead atoms. The SMILES string of the molecule is COc1ccc([N+](=O)[O-])cc1C[C@H](NC(=O)C(c1ccccc1)(c1ccccc1)c1ccccc1)C(N)=O. The predicted octanol–water partition coefficient (Wildman–Crippen LogP) is 4.15. The second-order valence-corrected chi connectivity index (χ2v) is 8.73. The van der Waals surface area contributed by atoms with Gasteiger partial charge in [0.1, 0.15) is 17.2 Å². The zero-order valence-corrected chi connectivity index (χ0v) is 20.7. The highest BCUT2D eigenvalue weighted by Gasteiger charge is 2.44. The summed E-state index contributed by atoms with van der Waals surface area (Å²) in [5, 5.41) is 14.2. The number of nitro groups is 1. The first-order valence-electron chi connectivity index (χ1n) is 12.0. The molecular formula is C30H27N3O5. The highest BCUT2D eigenvalue weighted by molar-refractivity contribution is 5.98. The molecule has 4 aromatic carbocycles. The first-order valence-corrected chi connectivity index (χ1v) is 12.0. The number of primary amides is 1. The van der Waals surface area contributed by atoms with Crippen molar-refractivity contribution in [3.63, 3.8) is 0 Å². The fraction of sp³-hybridized carbons (Fsp3) is 0.133. The number of nitrogens with two attached hydrogens (primary N) is 1. The Morgan fingerprint density at radius 2 is 1.34 bits per heavy atom. The van der Waals surface area contributed by atoms with Gasteiger partial charge < -0.3 is 15.8 Å². The van der Waals surface area contributed by atoms with Gasteiger partial charge >= 0.3 is 0 Å². The number of nitrogens with one attached hydrogen (secondary N) is 1. The summed E-state index contributed by atoms with van der Waals surface area (Å²) in [5.41, 5.74) is 6.74. The maximum atomic E-state index is 14.4. The minimum atomic E-state index is -1.32. The topological polar surface area (TPSA) is 125 Å². The van der Waals surface area contributed by atoms with Crippen LogP contribution >= 0.6 is 0 Å². The quantitative estimate of drug-likeness (QED) is 0.189. The standard InChI is InChI=1S/C30H27N3O5/c1-38-27-18-17-25(33(36)37)19-21(27)20-26(28(31)34)32-29(35)30(22-11-5-2-6-12-22,23-13-7-3-8-14-23)24-15-9-4-10-16-24/h2-19,26H,20H2,1H3,(H2,31,34)(H,32,35)/t26-/m0/s1. The van der Waals surface area contributed by atoms with Gasteiger partial charge in [0.25, 0.3) is 5.69 Å². The molecule has 38 heavy (non-hydrogen) atoms. The van der Waals surface area contributed by atoms with Crippen LogP contribution in [0.25, 0.3) is 0 Å². The van der Waals surface area contributed by atoms with Gasteiger partial charge in [-0.2, -0.15) is 0 Å². The summed E-state index contributed by atoms with van der Waals surface area (Å²) in [7, 11) is 1.42. The van der Waals surface area contributed by atoms with Crippen LogP contribution in [0.4, 0.5) is 5.69 Å². The van der Waals surface area contributed by atoms with Gasteiger partial charge in [0.05, 0.1) is 12.0 Å². The molecule has 0 unspecified atom stereocenters. The third-order valence-corrected chi connectivity index (χ3v) is 6.51. The Bertz CT molecular complexity index is 1330. The number of nitrogens with zero attached hydrogens (tertiary/aromatic N) is 1. The molecule has 0 saturated carbocycles. The number of benzene rings is 4. The molecule has 0 aliphatic heterocycles. The number of rotatable bonds is 10. The first kappa shape index (κ1) is 26.1. The van der Waals surface area contributed by atoms with E-state index in [1.807, 2.05) is 91.0 Å². The number of amides is 2. The third kappa shape index (κ3) is 5.10. The van der Waals surface area contributed by atoms with Crippen LogP contribution in [0.3, 0.4) is 0 Å². The number of carbonyl (C=O) groups excluding carboxylic acids is 2.